The Morgan fingerprint density at radius 2 is 1.55 bits per heavy atom. The lowest BCUT2D eigenvalue weighted by molar-refractivity contribution is -0.135. The van der Waals surface area contributed by atoms with Crippen LogP contribution in [0, 0.1) is 5.41 Å². The molecule has 0 saturated heterocycles. The van der Waals surface area contributed by atoms with Crippen molar-refractivity contribution in [2.75, 3.05) is 23.9 Å². The van der Waals surface area contributed by atoms with Crippen LogP contribution in [0.2, 0.25) is 0 Å². The van der Waals surface area contributed by atoms with Crippen molar-refractivity contribution in [3.63, 3.8) is 0 Å². The van der Waals surface area contributed by atoms with Gasteiger partial charge in [0.25, 0.3) is 5.91 Å². The van der Waals surface area contributed by atoms with E-state index in [0.29, 0.717) is 28.1 Å². The first kappa shape index (κ1) is 29.3. The molecule has 2 amide bonds. The summed E-state index contributed by atoms with van der Waals surface area (Å²) in [6, 6.07) is 28.0. The molecule has 0 saturated carbocycles. The zero-order chi connectivity index (χ0) is 30.1. The van der Waals surface area contributed by atoms with Crippen LogP contribution < -0.4 is 26.0 Å². The van der Waals surface area contributed by atoms with Crippen molar-refractivity contribution in [1.29, 1.82) is 5.41 Å². The highest BCUT2D eigenvalue weighted by molar-refractivity contribution is 6.09. The number of anilines is 2. The second-order valence-corrected chi connectivity index (χ2v) is 9.35. The SMILES string of the molecule is COc1ccc(N(CC(=O)O)C(=O)c2ccccc2)c(C(Nc2ccc(C(=N)N)cc2)C(=O)NCc2ccccc2)c1. The maximum Gasteiger partial charge on any atom is 0.323 e. The number of carbonyl (C=O) groups excluding carboxylic acids is 2. The predicted molar refractivity (Wildman–Crippen MR) is 161 cm³/mol. The van der Waals surface area contributed by atoms with Gasteiger partial charge in [-0.2, -0.15) is 0 Å². The first-order valence-electron chi connectivity index (χ1n) is 13.1. The van der Waals surface area contributed by atoms with E-state index in [4.69, 9.17) is 15.9 Å². The summed E-state index contributed by atoms with van der Waals surface area (Å²) in [6.07, 6.45) is 0. The van der Waals surface area contributed by atoms with Gasteiger partial charge < -0.3 is 26.2 Å². The Hall–Kier alpha value is -5.64. The normalized spacial score (nSPS) is 11.2. The summed E-state index contributed by atoms with van der Waals surface area (Å²) in [6.45, 7) is -0.402. The Morgan fingerprint density at radius 3 is 2.14 bits per heavy atom. The van der Waals surface area contributed by atoms with Gasteiger partial charge in [0.05, 0.1) is 12.8 Å². The number of nitrogens with zero attached hydrogens (tertiary/aromatic N) is 1. The summed E-state index contributed by atoms with van der Waals surface area (Å²) < 4.78 is 5.45. The number of carboxylic acid groups (broad SMARTS) is 1. The Kier molecular flexibility index (Phi) is 9.52. The molecule has 0 aliphatic heterocycles. The van der Waals surface area contributed by atoms with Gasteiger partial charge in [0.15, 0.2) is 0 Å². The number of nitrogens with two attached hydrogens (primary N) is 1. The van der Waals surface area contributed by atoms with Gasteiger partial charge in [-0.15, -0.1) is 0 Å². The topological polar surface area (TPSA) is 158 Å². The molecular formula is C32H31N5O5. The van der Waals surface area contributed by atoms with Crippen molar-refractivity contribution in [2.24, 2.45) is 5.73 Å². The minimum Gasteiger partial charge on any atom is -0.497 e. The predicted octanol–water partition coefficient (Wildman–Crippen LogP) is 4.18. The minimum absolute atomic E-state index is 0.0995. The number of benzene rings is 4. The van der Waals surface area contributed by atoms with E-state index in [1.54, 1.807) is 72.8 Å². The lowest BCUT2D eigenvalue weighted by Crippen LogP contribution is -2.39. The van der Waals surface area contributed by atoms with Gasteiger partial charge in [-0.05, 0) is 60.2 Å². The standard InChI is InChI=1S/C32H31N5O5/c1-42-25-16-17-27(37(20-28(38)39)32(41)23-10-6-3-7-11-23)26(18-25)29(31(40)35-19-21-8-4-2-5-9-21)36-24-14-12-22(13-15-24)30(33)34/h2-18,29,36H,19-20H2,1H3,(H3,33,34)(H,35,40)(H,38,39). The quantitative estimate of drug-likeness (QED) is 0.127. The number of methoxy groups -OCH3 is 1. The molecule has 0 aliphatic carbocycles. The zero-order valence-electron chi connectivity index (χ0n) is 22.9. The van der Waals surface area contributed by atoms with Gasteiger partial charge in [0.1, 0.15) is 24.2 Å². The van der Waals surface area contributed by atoms with Crippen LogP contribution >= 0.6 is 0 Å². The molecule has 0 aliphatic rings. The van der Waals surface area contributed by atoms with Crippen LogP contribution in [-0.4, -0.2) is 42.4 Å². The van der Waals surface area contributed by atoms with Gasteiger partial charge in [0.2, 0.25) is 5.91 Å². The van der Waals surface area contributed by atoms with Gasteiger partial charge in [-0.25, -0.2) is 0 Å². The van der Waals surface area contributed by atoms with E-state index in [0.717, 1.165) is 10.5 Å². The van der Waals surface area contributed by atoms with Crippen molar-refractivity contribution < 1.29 is 24.2 Å². The third kappa shape index (κ3) is 7.30. The highest BCUT2D eigenvalue weighted by Gasteiger charge is 2.30. The maximum absolute atomic E-state index is 13.8. The van der Waals surface area contributed by atoms with E-state index in [9.17, 15) is 19.5 Å². The molecule has 4 rings (SSSR count). The number of nitrogens with one attached hydrogen (secondary N) is 3. The van der Waals surface area contributed by atoms with E-state index in [-0.39, 0.29) is 18.1 Å². The lowest BCUT2D eigenvalue weighted by atomic mass is 10.0. The molecule has 1 atom stereocenters. The number of carbonyl (C=O) groups is 3. The fourth-order valence-corrected chi connectivity index (χ4v) is 4.36. The van der Waals surface area contributed by atoms with E-state index < -0.39 is 30.4 Å². The van der Waals surface area contributed by atoms with Crippen LogP contribution in [0.15, 0.2) is 103 Å². The van der Waals surface area contributed by atoms with Crippen molar-refractivity contribution >= 4 is 35.0 Å². The van der Waals surface area contributed by atoms with Crippen molar-refractivity contribution in [1.82, 2.24) is 5.32 Å². The zero-order valence-corrected chi connectivity index (χ0v) is 22.9. The smallest absolute Gasteiger partial charge is 0.323 e. The summed E-state index contributed by atoms with van der Waals surface area (Å²) >= 11 is 0. The van der Waals surface area contributed by atoms with Crippen molar-refractivity contribution in [2.45, 2.75) is 12.6 Å². The average Bonchev–Trinajstić information content (AvgIpc) is 3.02. The Morgan fingerprint density at radius 1 is 0.905 bits per heavy atom. The van der Waals surface area contributed by atoms with Crippen molar-refractivity contribution in [3.8, 4) is 5.75 Å². The fourth-order valence-electron chi connectivity index (χ4n) is 4.36. The van der Waals surface area contributed by atoms with E-state index in [1.165, 1.54) is 7.11 Å². The molecule has 42 heavy (non-hydrogen) atoms. The molecule has 214 valence electrons. The van der Waals surface area contributed by atoms with E-state index in [2.05, 4.69) is 10.6 Å². The molecule has 10 heteroatoms. The first-order chi connectivity index (χ1) is 20.3. The summed E-state index contributed by atoms with van der Waals surface area (Å²) in [5, 5.41) is 23.6. The number of carboxylic acids is 1. The Labute approximate surface area is 243 Å². The number of ether oxygens (including phenoxy) is 1. The molecule has 10 nitrogen and oxygen atoms in total. The van der Waals surface area contributed by atoms with Gasteiger partial charge in [-0.1, -0.05) is 48.5 Å². The summed E-state index contributed by atoms with van der Waals surface area (Å²) in [5.74, 6) is -1.88. The molecule has 0 bridgehead atoms. The highest BCUT2D eigenvalue weighted by Crippen LogP contribution is 2.34. The highest BCUT2D eigenvalue weighted by atomic mass is 16.5. The molecule has 6 N–H and O–H groups in total. The number of hydrogen-bond donors (Lipinski definition) is 5. The number of nitrogen functional groups attached to an aromatic ring is 1. The third-order valence-electron chi connectivity index (χ3n) is 6.47. The van der Waals surface area contributed by atoms with Gasteiger partial charge in [0, 0.05) is 28.9 Å². The van der Waals surface area contributed by atoms with Crippen LogP contribution in [0.5, 0.6) is 5.75 Å². The van der Waals surface area contributed by atoms with Crippen LogP contribution in [0.1, 0.15) is 33.1 Å². The number of amidine groups is 1. The maximum atomic E-state index is 13.8. The molecule has 1 unspecified atom stereocenters. The minimum atomic E-state index is -1.22. The molecule has 0 radical (unpaired) electrons. The Balaban J connectivity index is 1.81. The van der Waals surface area contributed by atoms with Gasteiger partial charge in [-0.3, -0.25) is 24.7 Å². The molecule has 0 fully saturated rings. The monoisotopic (exact) mass is 565 g/mol. The average molecular weight is 566 g/mol. The lowest BCUT2D eigenvalue weighted by Gasteiger charge is -2.28. The molecule has 0 heterocycles. The number of rotatable bonds is 12. The third-order valence-corrected chi connectivity index (χ3v) is 6.47. The number of amides is 2. The summed E-state index contributed by atoms with van der Waals surface area (Å²) in [5.41, 5.74) is 8.36. The second-order valence-electron chi connectivity index (χ2n) is 9.35. The van der Waals surface area contributed by atoms with E-state index in [1.807, 2.05) is 30.3 Å². The van der Waals surface area contributed by atoms with Gasteiger partial charge >= 0.3 is 5.97 Å². The molecular weight excluding hydrogens is 534 g/mol. The fraction of sp³-hybridized carbons (Fsp3) is 0.125. The molecule has 4 aromatic carbocycles. The Bertz CT molecular complexity index is 1560. The summed E-state index contributed by atoms with van der Waals surface area (Å²) in [4.78, 5) is 40.6. The molecule has 0 spiro atoms. The largest absolute Gasteiger partial charge is 0.497 e. The molecule has 4 aromatic rings. The summed E-state index contributed by atoms with van der Waals surface area (Å²) in [7, 11) is 1.47. The first-order valence-corrected chi connectivity index (χ1v) is 13.1. The van der Waals surface area contributed by atoms with E-state index >= 15 is 0 Å². The van der Waals surface area contributed by atoms with Crippen LogP contribution in [0.25, 0.3) is 0 Å². The van der Waals surface area contributed by atoms with Crippen LogP contribution in [-0.2, 0) is 16.1 Å². The van der Waals surface area contributed by atoms with Crippen LogP contribution in [0.3, 0.4) is 0 Å². The van der Waals surface area contributed by atoms with Crippen LogP contribution in [0.4, 0.5) is 11.4 Å². The number of hydrogen-bond acceptors (Lipinski definition) is 6. The van der Waals surface area contributed by atoms with Crippen molar-refractivity contribution in [3.05, 3.63) is 125 Å². The second kappa shape index (κ2) is 13.6. The number of aliphatic carboxylic acids is 1. The molecule has 0 aromatic heterocycles.